The van der Waals surface area contributed by atoms with E-state index in [0.717, 1.165) is 22.4 Å². The van der Waals surface area contributed by atoms with Gasteiger partial charge in [0.05, 0.1) is 5.71 Å². The predicted octanol–water partition coefficient (Wildman–Crippen LogP) is 5.11. The van der Waals surface area contributed by atoms with E-state index in [-0.39, 0.29) is 5.82 Å². The third-order valence-corrected chi connectivity index (χ3v) is 5.46. The molecule has 0 amide bonds. The Hall–Kier alpha value is -2.79. The van der Waals surface area contributed by atoms with E-state index < -0.39 is 5.54 Å². The highest BCUT2D eigenvalue weighted by molar-refractivity contribution is 7.98. The maximum Gasteiger partial charge on any atom is 0.156 e. The highest BCUT2D eigenvalue weighted by Crippen LogP contribution is 2.36. The van der Waals surface area contributed by atoms with Crippen LogP contribution in [-0.4, -0.2) is 22.8 Å². The summed E-state index contributed by atoms with van der Waals surface area (Å²) in [5, 5.41) is 0. The number of nitrogens with zero attached hydrogens (tertiary/aromatic N) is 3. The SMILES string of the molecule is CSc1ccc(C2=NC(C)(c3ccc(F)cc3)C(c3ccncc3)=N2)cc1. The van der Waals surface area contributed by atoms with Gasteiger partial charge in [0.25, 0.3) is 0 Å². The monoisotopic (exact) mass is 375 g/mol. The van der Waals surface area contributed by atoms with Crippen LogP contribution < -0.4 is 0 Å². The molecule has 0 saturated carbocycles. The van der Waals surface area contributed by atoms with Crippen molar-refractivity contribution in [2.24, 2.45) is 9.98 Å². The quantitative estimate of drug-likeness (QED) is 0.595. The van der Waals surface area contributed by atoms with Crippen LogP contribution in [0.5, 0.6) is 0 Å². The zero-order valence-corrected chi connectivity index (χ0v) is 15.9. The first-order valence-corrected chi connectivity index (χ1v) is 9.82. The first-order valence-electron chi connectivity index (χ1n) is 8.60. The zero-order valence-electron chi connectivity index (χ0n) is 15.1. The summed E-state index contributed by atoms with van der Waals surface area (Å²) in [5.41, 5.74) is 2.96. The van der Waals surface area contributed by atoms with Gasteiger partial charge in [-0.3, -0.25) is 4.98 Å². The van der Waals surface area contributed by atoms with Gasteiger partial charge in [0.15, 0.2) is 5.84 Å². The van der Waals surface area contributed by atoms with E-state index in [2.05, 4.69) is 17.1 Å². The number of benzene rings is 2. The molecule has 0 bridgehead atoms. The van der Waals surface area contributed by atoms with Crippen LogP contribution in [0.4, 0.5) is 4.39 Å². The van der Waals surface area contributed by atoms with Crippen LogP contribution in [0.3, 0.4) is 0 Å². The summed E-state index contributed by atoms with van der Waals surface area (Å²) in [4.78, 5) is 15.1. The maximum absolute atomic E-state index is 13.5. The van der Waals surface area contributed by atoms with Crippen molar-refractivity contribution in [2.75, 3.05) is 6.26 Å². The fourth-order valence-electron chi connectivity index (χ4n) is 3.20. The van der Waals surface area contributed by atoms with Crippen molar-refractivity contribution in [2.45, 2.75) is 17.4 Å². The van der Waals surface area contributed by atoms with Crippen molar-refractivity contribution in [1.29, 1.82) is 0 Å². The Labute approximate surface area is 162 Å². The van der Waals surface area contributed by atoms with Crippen molar-refractivity contribution in [3.8, 4) is 0 Å². The number of aromatic nitrogens is 1. The molecule has 2 aromatic carbocycles. The van der Waals surface area contributed by atoms with Crippen LogP contribution in [0.2, 0.25) is 0 Å². The molecule has 0 saturated heterocycles. The number of hydrogen-bond acceptors (Lipinski definition) is 4. The van der Waals surface area contributed by atoms with Crippen molar-refractivity contribution in [3.05, 3.63) is 95.6 Å². The van der Waals surface area contributed by atoms with Gasteiger partial charge in [-0.2, -0.15) is 0 Å². The second-order valence-electron chi connectivity index (χ2n) is 6.44. The van der Waals surface area contributed by atoms with Crippen LogP contribution in [0.25, 0.3) is 0 Å². The molecule has 0 radical (unpaired) electrons. The molecular weight excluding hydrogens is 357 g/mol. The molecule has 1 atom stereocenters. The van der Waals surface area contributed by atoms with Gasteiger partial charge in [0, 0.05) is 28.4 Å². The summed E-state index contributed by atoms with van der Waals surface area (Å²) in [6, 6.07) is 18.5. The molecule has 3 nitrogen and oxygen atoms in total. The van der Waals surface area contributed by atoms with Crippen molar-refractivity contribution in [3.63, 3.8) is 0 Å². The number of hydrogen-bond donors (Lipinski definition) is 0. The van der Waals surface area contributed by atoms with Crippen molar-refractivity contribution >= 4 is 23.3 Å². The Morgan fingerprint density at radius 1 is 0.852 bits per heavy atom. The Balaban J connectivity index is 1.84. The second-order valence-corrected chi connectivity index (χ2v) is 7.32. The Bertz CT molecular complexity index is 1010. The molecule has 4 rings (SSSR count). The van der Waals surface area contributed by atoms with Gasteiger partial charge < -0.3 is 0 Å². The van der Waals surface area contributed by atoms with Gasteiger partial charge in [0.2, 0.25) is 0 Å². The summed E-state index contributed by atoms with van der Waals surface area (Å²) < 4.78 is 13.5. The largest absolute Gasteiger partial charge is 0.265 e. The topological polar surface area (TPSA) is 37.6 Å². The van der Waals surface area contributed by atoms with Crippen LogP contribution in [0, 0.1) is 5.82 Å². The molecule has 2 heterocycles. The minimum atomic E-state index is -0.692. The molecule has 0 aliphatic carbocycles. The summed E-state index contributed by atoms with van der Waals surface area (Å²) in [6.07, 6.45) is 5.54. The second kappa shape index (κ2) is 7.08. The molecule has 134 valence electrons. The van der Waals surface area contributed by atoms with Crippen LogP contribution >= 0.6 is 11.8 Å². The molecule has 27 heavy (non-hydrogen) atoms. The summed E-state index contributed by atoms with van der Waals surface area (Å²) in [5.74, 6) is 0.417. The molecule has 5 heteroatoms. The Morgan fingerprint density at radius 3 is 2.15 bits per heavy atom. The summed E-state index contributed by atoms with van der Waals surface area (Å²) in [7, 11) is 0. The number of pyridine rings is 1. The van der Waals surface area contributed by atoms with E-state index in [4.69, 9.17) is 9.98 Å². The third-order valence-electron chi connectivity index (χ3n) is 4.72. The lowest BCUT2D eigenvalue weighted by atomic mass is 9.85. The minimum Gasteiger partial charge on any atom is -0.265 e. The highest BCUT2D eigenvalue weighted by atomic mass is 32.2. The van der Waals surface area contributed by atoms with Crippen LogP contribution in [0.1, 0.15) is 23.6 Å². The fraction of sp³-hybridized carbons (Fsp3) is 0.136. The average Bonchev–Trinajstić information content (AvgIpc) is 3.08. The van der Waals surface area contributed by atoms with E-state index in [9.17, 15) is 4.39 Å². The maximum atomic E-state index is 13.5. The molecule has 1 aromatic heterocycles. The first-order chi connectivity index (χ1) is 13.1. The average molecular weight is 375 g/mol. The molecule has 0 spiro atoms. The van der Waals surface area contributed by atoms with Gasteiger partial charge in [-0.1, -0.05) is 24.3 Å². The number of amidine groups is 1. The molecule has 3 aromatic rings. The van der Waals surface area contributed by atoms with Gasteiger partial charge in [-0.25, -0.2) is 14.4 Å². The number of halogens is 1. The number of aliphatic imine (C=N–C) groups is 2. The molecule has 1 aliphatic rings. The van der Waals surface area contributed by atoms with E-state index >= 15 is 0 Å². The van der Waals surface area contributed by atoms with Gasteiger partial charge >= 0.3 is 0 Å². The third kappa shape index (κ3) is 3.30. The number of rotatable bonds is 4. The fourth-order valence-corrected chi connectivity index (χ4v) is 3.61. The lowest BCUT2D eigenvalue weighted by Crippen LogP contribution is -2.28. The number of thioether (sulfide) groups is 1. The van der Waals surface area contributed by atoms with Crippen molar-refractivity contribution in [1.82, 2.24) is 4.98 Å². The van der Waals surface area contributed by atoms with E-state index in [1.165, 1.54) is 17.0 Å². The molecular formula is C22H18FN3S. The van der Waals surface area contributed by atoms with E-state index in [0.29, 0.717) is 5.84 Å². The standard InChI is InChI=1S/C22H18FN3S/c1-22(17-5-7-18(23)8-6-17)20(15-11-13-24-14-12-15)25-21(26-22)16-3-9-19(27-2)10-4-16/h3-14H,1-2H3. The molecule has 1 aliphatic heterocycles. The zero-order chi connectivity index (χ0) is 18.9. The van der Waals surface area contributed by atoms with E-state index in [1.807, 2.05) is 37.4 Å². The molecule has 0 N–H and O–H groups in total. The van der Waals surface area contributed by atoms with Gasteiger partial charge in [-0.05, 0) is 55.1 Å². The Morgan fingerprint density at radius 2 is 1.52 bits per heavy atom. The smallest absolute Gasteiger partial charge is 0.156 e. The minimum absolute atomic E-state index is 0.264. The normalized spacial score (nSPS) is 18.9. The lowest BCUT2D eigenvalue weighted by molar-refractivity contribution is 0.622. The Kier molecular flexibility index (Phi) is 4.62. The predicted molar refractivity (Wildman–Crippen MR) is 109 cm³/mol. The molecule has 0 fully saturated rings. The summed E-state index contributed by atoms with van der Waals surface area (Å²) in [6.45, 7) is 2.02. The van der Waals surface area contributed by atoms with Gasteiger partial charge in [-0.15, -0.1) is 11.8 Å². The van der Waals surface area contributed by atoms with Crippen LogP contribution in [-0.2, 0) is 5.54 Å². The summed E-state index contributed by atoms with van der Waals surface area (Å²) >= 11 is 1.70. The van der Waals surface area contributed by atoms with Crippen molar-refractivity contribution < 1.29 is 4.39 Å². The van der Waals surface area contributed by atoms with Gasteiger partial charge in [0.1, 0.15) is 11.4 Å². The van der Waals surface area contributed by atoms with Crippen LogP contribution in [0.15, 0.2) is 87.9 Å². The lowest BCUT2D eigenvalue weighted by Gasteiger charge is -2.24. The van der Waals surface area contributed by atoms with E-state index in [1.54, 1.807) is 36.3 Å². The first kappa shape index (κ1) is 17.6. The molecule has 1 unspecified atom stereocenters. The highest BCUT2D eigenvalue weighted by Gasteiger charge is 2.38.